The molecule has 3 rings (SSSR count). The number of rotatable bonds is 6. The molecule has 1 unspecified atom stereocenters. The first-order chi connectivity index (χ1) is 15.2. The van der Waals surface area contributed by atoms with Crippen molar-refractivity contribution in [3.63, 3.8) is 0 Å². The topological polar surface area (TPSA) is 68.3 Å². The number of esters is 1. The number of anilines is 1. The van der Waals surface area contributed by atoms with Gasteiger partial charge in [-0.1, -0.05) is 41.9 Å². The van der Waals surface area contributed by atoms with Crippen molar-refractivity contribution in [2.45, 2.75) is 17.3 Å². The zero-order valence-electron chi connectivity index (χ0n) is 16.5. The summed E-state index contributed by atoms with van der Waals surface area (Å²) in [7, 11) is 0. The Kier molecular flexibility index (Phi) is 7.42. The molecular weight excluding hydrogens is 465 g/mol. The number of carbonyl (C=O) groups is 2. The van der Waals surface area contributed by atoms with Gasteiger partial charge in [-0.15, -0.1) is 11.8 Å². The minimum Gasteiger partial charge on any atom is -0.444 e. The maximum atomic E-state index is 13.4. The molecule has 32 heavy (non-hydrogen) atoms. The molecule has 0 saturated heterocycles. The van der Waals surface area contributed by atoms with Crippen LogP contribution in [-0.2, 0) is 15.7 Å². The molecule has 1 amide bonds. The molecule has 166 valence electrons. The highest BCUT2D eigenvalue weighted by molar-refractivity contribution is 7.98. The summed E-state index contributed by atoms with van der Waals surface area (Å²) in [5.41, 5.74) is -1.20. The smallest absolute Gasteiger partial charge is 0.418 e. The fraction of sp³-hybridized carbons (Fsp3) is 0.136. The lowest BCUT2D eigenvalue weighted by atomic mass is 10.1. The van der Waals surface area contributed by atoms with Crippen molar-refractivity contribution in [1.82, 2.24) is 4.98 Å². The predicted molar refractivity (Wildman–Crippen MR) is 116 cm³/mol. The summed E-state index contributed by atoms with van der Waals surface area (Å²) in [6.45, 7) is 0. The number of hydrogen-bond acceptors (Lipinski definition) is 5. The van der Waals surface area contributed by atoms with Gasteiger partial charge in [0.25, 0.3) is 5.91 Å². The lowest BCUT2D eigenvalue weighted by molar-refractivity contribution is -0.137. The van der Waals surface area contributed by atoms with Crippen LogP contribution in [0.15, 0.2) is 71.9 Å². The summed E-state index contributed by atoms with van der Waals surface area (Å²) < 4.78 is 45.7. The third-order valence-corrected chi connectivity index (χ3v) is 5.24. The summed E-state index contributed by atoms with van der Waals surface area (Å²) in [6.07, 6.45) is -3.03. The van der Waals surface area contributed by atoms with Crippen LogP contribution in [0, 0.1) is 0 Å². The summed E-state index contributed by atoms with van der Waals surface area (Å²) in [5, 5.41) is 2.47. The first-order valence-electron chi connectivity index (χ1n) is 9.13. The van der Waals surface area contributed by atoms with E-state index >= 15 is 0 Å². The van der Waals surface area contributed by atoms with Crippen molar-refractivity contribution in [2.75, 3.05) is 11.6 Å². The van der Waals surface area contributed by atoms with Crippen molar-refractivity contribution >= 4 is 40.9 Å². The van der Waals surface area contributed by atoms with Gasteiger partial charge in [0.15, 0.2) is 0 Å². The normalized spacial score (nSPS) is 12.2. The van der Waals surface area contributed by atoms with E-state index in [2.05, 4.69) is 10.3 Å². The SMILES string of the molecule is CSc1ncccc1C(=O)OC(C(=O)Nc1ccc(Cl)cc1C(F)(F)F)c1ccccc1. The molecule has 0 aliphatic carbocycles. The van der Waals surface area contributed by atoms with Crippen LogP contribution < -0.4 is 5.32 Å². The van der Waals surface area contributed by atoms with Gasteiger partial charge in [0.2, 0.25) is 6.10 Å². The number of nitrogens with zero attached hydrogens (tertiary/aromatic N) is 1. The van der Waals surface area contributed by atoms with Gasteiger partial charge >= 0.3 is 12.1 Å². The van der Waals surface area contributed by atoms with E-state index in [1.165, 1.54) is 48.3 Å². The van der Waals surface area contributed by atoms with Crippen LogP contribution in [0.5, 0.6) is 0 Å². The van der Waals surface area contributed by atoms with E-state index in [4.69, 9.17) is 16.3 Å². The van der Waals surface area contributed by atoms with Crippen LogP contribution >= 0.6 is 23.4 Å². The van der Waals surface area contributed by atoms with E-state index in [1.54, 1.807) is 24.5 Å². The third kappa shape index (κ3) is 5.60. The zero-order chi connectivity index (χ0) is 23.3. The summed E-state index contributed by atoms with van der Waals surface area (Å²) in [4.78, 5) is 29.9. The highest BCUT2D eigenvalue weighted by Crippen LogP contribution is 2.37. The Morgan fingerprint density at radius 1 is 1.09 bits per heavy atom. The van der Waals surface area contributed by atoms with Crippen LogP contribution in [-0.4, -0.2) is 23.1 Å². The van der Waals surface area contributed by atoms with E-state index in [1.807, 2.05) is 0 Å². The molecule has 1 N–H and O–H groups in total. The number of halogens is 4. The Balaban J connectivity index is 1.94. The highest BCUT2D eigenvalue weighted by atomic mass is 35.5. The number of pyridine rings is 1. The van der Waals surface area contributed by atoms with Crippen molar-refractivity contribution < 1.29 is 27.5 Å². The van der Waals surface area contributed by atoms with Crippen LogP contribution in [0.2, 0.25) is 5.02 Å². The van der Waals surface area contributed by atoms with Gasteiger partial charge in [-0.2, -0.15) is 13.2 Å². The Bertz CT molecular complexity index is 1130. The molecule has 10 heteroatoms. The van der Waals surface area contributed by atoms with Gasteiger partial charge in [0, 0.05) is 16.8 Å². The van der Waals surface area contributed by atoms with Crippen molar-refractivity contribution in [2.24, 2.45) is 0 Å². The van der Waals surface area contributed by atoms with Crippen molar-refractivity contribution in [3.05, 3.63) is 88.6 Å². The Hall–Kier alpha value is -3.04. The molecule has 3 aromatic rings. The molecule has 1 heterocycles. The monoisotopic (exact) mass is 480 g/mol. The fourth-order valence-electron chi connectivity index (χ4n) is 2.84. The molecule has 1 atom stereocenters. The number of ether oxygens (including phenoxy) is 1. The lowest BCUT2D eigenvalue weighted by Crippen LogP contribution is -2.27. The minimum atomic E-state index is -4.75. The van der Waals surface area contributed by atoms with Gasteiger partial charge in [0.1, 0.15) is 5.03 Å². The molecule has 0 aliphatic heterocycles. The first kappa shape index (κ1) is 23.6. The standard InChI is InChI=1S/C22H16ClF3N2O3S/c1-32-20-15(8-5-11-27-20)21(30)31-18(13-6-3-2-4-7-13)19(29)28-17-10-9-14(23)12-16(17)22(24,25)26/h2-12,18H,1H3,(H,28,29). The number of thioether (sulfide) groups is 1. The minimum absolute atomic E-state index is 0.135. The molecule has 0 bridgehead atoms. The van der Waals surface area contributed by atoms with Crippen LogP contribution in [0.1, 0.15) is 27.6 Å². The molecule has 0 spiro atoms. The molecule has 5 nitrogen and oxygen atoms in total. The number of carbonyl (C=O) groups excluding carboxylic acids is 2. The summed E-state index contributed by atoms with van der Waals surface area (Å²) in [6, 6.07) is 14.0. The second kappa shape index (κ2) is 10.1. The van der Waals surface area contributed by atoms with Crippen molar-refractivity contribution in [1.29, 1.82) is 0 Å². The maximum Gasteiger partial charge on any atom is 0.418 e. The number of amides is 1. The van der Waals surface area contributed by atoms with Gasteiger partial charge in [-0.3, -0.25) is 4.79 Å². The number of hydrogen-bond donors (Lipinski definition) is 1. The van der Waals surface area contributed by atoms with Crippen LogP contribution in [0.3, 0.4) is 0 Å². The van der Waals surface area contributed by atoms with Gasteiger partial charge in [-0.25, -0.2) is 9.78 Å². The number of nitrogens with one attached hydrogen (secondary N) is 1. The maximum absolute atomic E-state index is 13.4. The largest absolute Gasteiger partial charge is 0.444 e. The molecule has 2 aromatic carbocycles. The fourth-order valence-corrected chi connectivity index (χ4v) is 3.55. The van der Waals surface area contributed by atoms with Gasteiger partial charge in [0.05, 0.1) is 16.8 Å². The Morgan fingerprint density at radius 3 is 2.47 bits per heavy atom. The average molecular weight is 481 g/mol. The molecular formula is C22H16ClF3N2O3S. The number of alkyl halides is 3. The molecule has 1 aromatic heterocycles. The summed E-state index contributed by atoms with van der Waals surface area (Å²) >= 11 is 6.91. The van der Waals surface area contributed by atoms with E-state index in [-0.39, 0.29) is 16.1 Å². The quantitative estimate of drug-likeness (QED) is 0.345. The van der Waals surface area contributed by atoms with Crippen LogP contribution in [0.4, 0.5) is 18.9 Å². The second-order valence-electron chi connectivity index (χ2n) is 6.43. The second-order valence-corrected chi connectivity index (χ2v) is 7.66. The molecule has 0 radical (unpaired) electrons. The molecule has 0 saturated carbocycles. The average Bonchev–Trinajstić information content (AvgIpc) is 2.78. The first-order valence-corrected chi connectivity index (χ1v) is 10.7. The van der Waals surface area contributed by atoms with E-state index in [9.17, 15) is 22.8 Å². The van der Waals surface area contributed by atoms with E-state index in [0.717, 1.165) is 6.07 Å². The molecule has 0 aliphatic rings. The third-order valence-electron chi connectivity index (χ3n) is 4.29. The van der Waals surface area contributed by atoms with E-state index in [0.29, 0.717) is 11.1 Å². The lowest BCUT2D eigenvalue weighted by Gasteiger charge is -2.20. The number of benzene rings is 2. The molecule has 0 fully saturated rings. The number of aromatic nitrogens is 1. The highest BCUT2D eigenvalue weighted by Gasteiger charge is 2.35. The van der Waals surface area contributed by atoms with E-state index < -0.39 is 35.4 Å². The van der Waals surface area contributed by atoms with Gasteiger partial charge in [-0.05, 0) is 36.6 Å². The Morgan fingerprint density at radius 2 is 1.81 bits per heavy atom. The predicted octanol–water partition coefficient (Wildman–Crippen LogP) is 6.01. The Labute approximate surface area is 190 Å². The zero-order valence-corrected chi connectivity index (χ0v) is 18.1. The summed E-state index contributed by atoms with van der Waals surface area (Å²) in [5.74, 6) is -1.79. The van der Waals surface area contributed by atoms with Crippen LogP contribution in [0.25, 0.3) is 0 Å². The van der Waals surface area contributed by atoms with Gasteiger partial charge < -0.3 is 10.1 Å². The van der Waals surface area contributed by atoms with Crippen molar-refractivity contribution in [3.8, 4) is 0 Å².